The fourth-order valence-electron chi connectivity index (χ4n) is 2.31. The molecule has 0 bridgehead atoms. The molecule has 0 radical (unpaired) electrons. The van der Waals surface area contributed by atoms with Gasteiger partial charge in [0.05, 0.1) is 26.9 Å². The minimum absolute atomic E-state index is 0.107. The number of nitrogens with zero attached hydrogens (tertiary/aromatic N) is 2. The zero-order valence-electron chi connectivity index (χ0n) is 13.0. The first-order chi connectivity index (χ1) is 12.0. The average molecular weight is 354 g/mol. The number of rotatable bonds is 4. The molecular weight excluding hydrogens is 340 g/mol. The van der Waals surface area contributed by atoms with Gasteiger partial charge in [0, 0.05) is 18.3 Å². The van der Waals surface area contributed by atoms with E-state index < -0.39 is 4.92 Å². The zero-order chi connectivity index (χ0) is 18.0. The largest absolute Gasteiger partial charge is 0.506 e. The summed E-state index contributed by atoms with van der Waals surface area (Å²) in [4.78, 5) is 10.3. The predicted molar refractivity (Wildman–Crippen MR) is 98.6 cm³/mol. The molecule has 3 aromatic rings. The number of H-pyrrole nitrogens is 1. The first-order valence-corrected chi connectivity index (χ1v) is 7.68. The maximum atomic E-state index is 10.9. The Balaban J connectivity index is 2.03. The second-order valence-corrected chi connectivity index (χ2v) is 5.61. The van der Waals surface area contributed by atoms with Crippen LogP contribution in [0.25, 0.3) is 18.5 Å². The fraction of sp³-hybridized carbons (Fsp3) is 0. The van der Waals surface area contributed by atoms with Crippen molar-refractivity contribution in [3.8, 4) is 11.4 Å². The number of hydrogen-bond acceptors (Lipinski definition) is 5. The minimum Gasteiger partial charge on any atom is -0.506 e. The first kappa shape index (κ1) is 16.5. The van der Waals surface area contributed by atoms with Crippen LogP contribution in [-0.2, 0) is 0 Å². The number of aromatic nitrogens is 2. The van der Waals surface area contributed by atoms with Crippen LogP contribution < -0.4 is 15.9 Å². The van der Waals surface area contributed by atoms with Gasteiger partial charge in [-0.15, -0.1) is 0 Å². The summed E-state index contributed by atoms with van der Waals surface area (Å²) in [5, 5.41) is 27.8. The minimum atomic E-state index is -0.532. The van der Waals surface area contributed by atoms with E-state index in [4.69, 9.17) is 12.2 Å². The Morgan fingerprint density at radius 2 is 2.00 bits per heavy atom. The van der Waals surface area contributed by atoms with Gasteiger partial charge >= 0.3 is 0 Å². The van der Waals surface area contributed by atoms with E-state index in [9.17, 15) is 15.2 Å². The van der Waals surface area contributed by atoms with Crippen LogP contribution in [0.15, 0.2) is 48.5 Å². The number of nitro benzene ring substituents is 1. The van der Waals surface area contributed by atoms with Crippen molar-refractivity contribution in [1.82, 2.24) is 9.78 Å². The molecule has 0 saturated carbocycles. The number of aromatic hydroxyl groups is 1. The van der Waals surface area contributed by atoms with Crippen LogP contribution in [-0.4, -0.2) is 19.8 Å². The molecular formula is C17H14N4O3S. The molecule has 0 fully saturated rings. The normalized spacial score (nSPS) is 11.4. The van der Waals surface area contributed by atoms with Crippen molar-refractivity contribution < 1.29 is 10.0 Å². The molecule has 0 atom stereocenters. The van der Waals surface area contributed by atoms with Crippen molar-refractivity contribution in [1.29, 1.82) is 0 Å². The smallest absolute Gasteiger partial charge is 0.271 e. The summed E-state index contributed by atoms with van der Waals surface area (Å²) in [6.45, 7) is 3.92. The van der Waals surface area contributed by atoms with E-state index in [1.807, 2.05) is 30.3 Å². The molecule has 25 heavy (non-hydrogen) atoms. The number of benzene rings is 2. The summed E-state index contributed by atoms with van der Waals surface area (Å²) in [5.41, 5.74) is 0.932. The number of nitrogens with one attached hydrogen (secondary N) is 2. The van der Waals surface area contributed by atoms with Crippen molar-refractivity contribution in [2.75, 3.05) is 5.32 Å². The number of para-hydroxylation sites is 1. The van der Waals surface area contributed by atoms with Crippen LogP contribution >= 0.6 is 12.2 Å². The van der Waals surface area contributed by atoms with E-state index in [1.54, 1.807) is 10.9 Å². The highest BCUT2D eigenvalue weighted by molar-refractivity contribution is 7.71. The molecule has 0 saturated heterocycles. The molecule has 3 rings (SSSR count). The van der Waals surface area contributed by atoms with E-state index in [0.717, 1.165) is 5.69 Å². The molecule has 0 unspecified atom stereocenters. The third-order valence-corrected chi connectivity index (χ3v) is 3.99. The van der Waals surface area contributed by atoms with E-state index in [0.29, 0.717) is 15.2 Å². The molecule has 0 aliphatic heterocycles. The van der Waals surface area contributed by atoms with Crippen LogP contribution in [0.1, 0.15) is 0 Å². The lowest BCUT2D eigenvalue weighted by molar-refractivity contribution is -0.384. The Morgan fingerprint density at radius 1 is 1.28 bits per heavy atom. The Bertz CT molecular complexity index is 1100. The first-order valence-electron chi connectivity index (χ1n) is 7.27. The van der Waals surface area contributed by atoms with Gasteiger partial charge in [-0.1, -0.05) is 37.0 Å². The highest BCUT2D eigenvalue weighted by Gasteiger charge is 2.09. The van der Waals surface area contributed by atoms with E-state index in [2.05, 4.69) is 17.0 Å². The second-order valence-electron chi connectivity index (χ2n) is 5.23. The molecule has 0 aliphatic carbocycles. The van der Waals surface area contributed by atoms with Gasteiger partial charge in [0.2, 0.25) is 0 Å². The Morgan fingerprint density at radius 3 is 2.68 bits per heavy atom. The summed E-state index contributed by atoms with van der Waals surface area (Å²) in [6.07, 6.45) is 1.55. The average Bonchev–Trinajstić information content (AvgIpc) is 2.89. The number of phenolic OH excluding ortho intramolecular Hbond substituents is 1. The molecule has 2 aromatic carbocycles. The van der Waals surface area contributed by atoms with Crippen molar-refractivity contribution in [3.63, 3.8) is 0 Å². The summed E-state index contributed by atoms with van der Waals surface area (Å²) in [7, 11) is 0. The lowest BCUT2D eigenvalue weighted by atomic mass is 10.2. The number of non-ortho nitro benzene ring substituents is 1. The number of phenols is 1. The van der Waals surface area contributed by atoms with Crippen LogP contribution in [0.5, 0.6) is 5.75 Å². The number of hydrogen-bond donors (Lipinski definition) is 3. The van der Waals surface area contributed by atoms with Crippen molar-refractivity contribution in [3.05, 3.63) is 73.9 Å². The van der Waals surface area contributed by atoms with Gasteiger partial charge in [-0.2, -0.15) is 0 Å². The maximum absolute atomic E-state index is 10.9. The van der Waals surface area contributed by atoms with Crippen LogP contribution in [0, 0.1) is 14.8 Å². The van der Waals surface area contributed by atoms with E-state index in [-0.39, 0.29) is 17.1 Å². The number of nitro groups is 1. The molecule has 0 aliphatic rings. The van der Waals surface area contributed by atoms with Gasteiger partial charge < -0.3 is 10.4 Å². The van der Waals surface area contributed by atoms with Crippen molar-refractivity contribution in [2.45, 2.75) is 0 Å². The topological polar surface area (TPSA) is 96.1 Å². The Kier molecular flexibility index (Phi) is 4.36. The molecule has 0 amide bonds. The highest BCUT2D eigenvalue weighted by atomic mass is 32.1. The van der Waals surface area contributed by atoms with Gasteiger partial charge in [0.25, 0.3) is 5.69 Å². The van der Waals surface area contributed by atoms with Gasteiger partial charge in [-0.25, -0.2) is 4.68 Å². The van der Waals surface area contributed by atoms with E-state index >= 15 is 0 Å². The highest BCUT2D eigenvalue weighted by Crippen LogP contribution is 2.27. The molecule has 1 aromatic heterocycles. The number of aromatic amines is 1. The van der Waals surface area contributed by atoms with Crippen molar-refractivity contribution in [2.24, 2.45) is 0 Å². The Labute approximate surface area is 147 Å². The van der Waals surface area contributed by atoms with Crippen LogP contribution in [0.2, 0.25) is 0 Å². The summed E-state index contributed by atoms with van der Waals surface area (Å²) >= 11 is 5.46. The lowest BCUT2D eigenvalue weighted by Crippen LogP contribution is -2.22. The third-order valence-electron chi connectivity index (χ3n) is 3.58. The zero-order valence-corrected chi connectivity index (χ0v) is 13.8. The summed E-state index contributed by atoms with van der Waals surface area (Å²) < 4.78 is 2.20. The van der Waals surface area contributed by atoms with Crippen molar-refractivity contribution >= 4 is 36.4 Å². The molecule has 1 heterocycles. The maximum Gasteiger partial charge on any atom is 0.271 e. The number of anilines is 1. The van der Waals surface area contributed by atoms with Crippen LogP contribution in [0.3, 0.4) is 0 Å². The summed E-state index contributed by atoms with van der Waals surface area (Å²) in [5.74, 6) is -0.107. The van der Waals surface area contributed by atoms with Gasteiger partial charge in [0.1, 0.15) is 10.4 Å². The molecule has 7 nitrogen and oxygen atoms in total. The molecule has 3 N–H and O–H groups in total. The quantitative estimate of drug-likeness (QED) is 0.289. The molecule has 126 valence electrons. The van der Waals surface area contributed by atoms with E-state index in [1.165, 1.54) is 18.2 Å². The summed E-state index contributed by atoms with van der Waals surface area (Å²) in [6, 6.07) is 13.2. The predicted octanol–water partition coefficient (Wildman–Crippen LogP) is 2.41. The van der Waals surface area contributed by atoms with Crippen LogP contribution in [0.4, 0.5) is 11.4 Å². The molecule has 8 heteroatoms. The Hall–Kier alpha value is -3.39. The van der Waals surface area contributed by atoms with Gasteiger partial charge in [-0.3, -0.25) is 15.2 Å². The third kappa shape index (κ3) is 3.29. The monoisotopic (exact) mass is 354 g/mol. The lowest BCUT2D eigenvalue weighted by Gasteiger charge is -2.03. The van der Waals surface area contributed by atoms with Gasteiger partial charge in [-0.05, 0) is 18.2 Å². The fourth-order valence-corrected chi connectivity index (χ4v) is 2.64. The van der Waals surface area contributed by atoms with Gasteiger partial charge in [0.15, 0.2) is 0 Å². The standard InChI is InChI=1S/C17H14N4O3S/c1-11-14(17(25)20(19-11)12-5-3-2-4-6-12)10-18-15-9-13(21(23)24)7-8-16(15)22/h2-10,18-19,22H,1H2/b14-10-. The SMILES string of the molecule is C=c1[nH]n(-c2ccccc2)c(=S)/c1=C\Nc1cc([N+](=O)[O-])ccc1O. The molecule has 0 spiro atoms. The second kappa shape index (κ2) is 6.62.